The van der Waals surface area contributed by atoms with E-state index >= 15 is 0 Å². The summed E-state index contributed by atoms with van der Waals surface area (Å²) in [5, 5.41) is 0. The molecule has 1 aromatic rings. The molecule has 0 aliphatic carbocycles. The molecule has 2 nitrogen and oxygen atoms in total. The van der Waals surface area contributed by atoms with Gasteiger partial charge in [-0.15, -0.1) is 0 Å². The number of nitrogens with zero attached hydrogens (tertiary/aromatic N) is 1. The molecule has 1 unspecified atom stereocenters. The maximum absolute atomic E-state index is 13.1. The summed E-state index contributed by atoms with van der Waals surface area (Å²) in [5.41, 5.74) is 5.01. The molecule has 1 aromatic carbocycles. The number of rotatable bonds is 5. The zero-order valence-corrected chi connectivity index (χ0v) is 12.6. The molecule has 20 heavy (non-hydrogen) atoms. The second-order valence-electron chi connectivity index (χ2n) is 4.64. The van der Waals surface area contributed by atoms with Crippen LogP contribution in [0.25, 0.3) is 0 Å². The minimum absolute atomic E-state index is 0.128. The fourth-order valence-electron chi connectivity index (χ4n) is 2.13. The molecule has 0 fully saturated rings. The lowest BCUT2D eigenvalue weighted by Crippen LogP contribution is -2.32. The normalized spacial score (nSPS) is 13.1. The molecular weight excluding hydrogens is 285 g/mol. The van der Waals surface area contributed by atoms with Crippen LogP contribution in [0, 0.1) is 0 Å². The zero-order chi connectivity index (χ0) is 15.5. The van der Waals surface area contributed by atoms with Gasteiger partial charge in [0.25, 0.3) is 0 Å². The van der Waals surface area contributed by atoms with Gasteiger partial charge in [0.2, 0.25) is 0 Å². The van der Waals surface area contributed by atoms with E-state index < -0.39 is 11.7 Å². The summed E-state index contributed by atoms with van der Waals surface area (Å²) in [6, 6.07) is 4.28. The van der Waals surface area contributed by atoms with Gasteiger partial charge in [0.1, 0.15) is 4.99 Å². The highest BCUT2D eigenvalue weighted by atomic mass is 32.1. The van der Waals surface area contributed by atoms with Gasteiger partial charge in [-0.1, -0.05) is 19.1 Å². The van der Waals surface area contributed by atoms with E-state index in [0.29, 0.717) is 12.2 Å². The van der Waals surface area contributed by atoms with E-state index in [0.717, 1.165) is 12.5 Å². The molecule has 1 atom stereocenters. The number of hydrogen-bond donors (Lipinski definition) is 1. The summed E-state index contributed by atoms with van der Waals surface area (Å²) in [6.07, 6.45) is -3.62. The van der Waals surface area contributed by atoms with Gasteiger partial charge in [-0.25, -0.2) is 0 Å². The van der Waals surface area contributed by atoms with Crippen molar-refractivity contribution in [3.8, 4) is 0 Å². The largest absolute Gasteiger partial charge is 0.417 e. The summed E-state index contributed by atoms with van der Waals surface area (Å²) >= 11 is 4.69. The fourth-order valence-corrected chi connectivity index (χ4v) is 2.31. The Labute approximate surface area is 122 Å². The molecule has 0 saturated carbocycles. The van der Waals surface area contributed by atoms with Gasteiger partial charge in [0, 0.05) is 23.8 Å². The van der Waals surface area contributed by atoms with Crippen molar-refractivity contribution in [1.29, 1.82) is 0 Å². The summed E-state index contributed by atoms with van der Waals surface area (Å²) in [5.74, 6) is 0. The number of anilines is 1. The van der Waals surface area contributed by atoms with E-state index in [1.54, 1.807) is 6.07 Å². The van der Waals surface area contributed by atoms with Crippen LogP contribution >= 0.6 is 12.2 Å². The molecule has 0 saturated heterocycles. The number of hydrogen-bond acceptors (Lipinski definition) is 2. The van der Waals surface area contributed by atoms with Gasteiger partial charge in [0.05, 0.1) is 5.56 Å². The van der Waals surface area contributed by atoms with E-state index in [9.17, 15) is 13.2 Å². The van der Waals surface area contributed by atoms with Crippen LogP contribution in [0.4, 0.5) is 18.9 Å². The van der Waals surface area contributed by atoms with Crippen molar-refractivity contribution in [2.45, 2.75) is 39.4 Å². The molecule has 0 aliphatic rings. The third-order valence-corrected chi connectivity index (χ3v) is 3.59. The number of thiocarbonyl (C=S) groups is 1. The van der Waals surface area contributed by atoms with Crippen molar-refractivity contribution in [2.24, 2.45) is 5.73 Å². The average molecular weight is 304 g/mol. The minimum Gasteiger partial charge on any atom is -0.389 e. The Bertz CT molecular complexity index is 486. The van der Waals surface area contributed by atoms with Crippen molar-refractivity contribution in [1.82, 2.24) is 0 Å². The Balaban J connectivity index is 3.35. The maximum Gasteiger partial charge on any atom is 0.417 e. The van der Waals surface area contributed by atoms with Gasteiger partial charge in [0.15, 0.2) is 0 Å². The molecule has 1 rings (SSSR count). The average Bonchev–Trinajstić information content (AvgIpc) is 2.37. The van der Waals surface area contributed by atoms with Crippen molar-refractivity contribution < 1.29 is 13.2 Å². The molecule has 0 spiro atoms. The summed E-state index contributed by atoms with van der Waals surface area (Å²) in [7, 11) is 0. The minimum atomic E-state index is -4.47. The Morgan fingerprint density at radius 2 is 1.95 bits per heavy atom. The second kappa shape index (κ2) is 6.43. The lowest BCUT2D eigenvalue weighted by Gasteiger charge is -2.30. The van der Waals surface area contributed by atoms with Crippen molar-refractivity contribution >= 4 is 22.9 Å². The topological polar surface area (TPSA) is 29.3 Å². The molecule has 2 N–H and O–H groups in total. The Morgan fingerprint density at radius 1 is 1.35 bits per heavy atom. The van der Waals surface area contributed by atoms with E-state index in [4.69, 9.17) is 18.0 Å². The van der Waals surface area contributed by atoms with E-state index in [-0.39, 0.29) is 16.6 Å². The highest BCUT2D eigenvalue weighted by Crippen LogP contribution is 2.35. The number of alkyl halides is 3. The molecule has 0 aromatic heterocycles. The maximum atomic E-state index is 13.1. The molecule has 0 radical (unpaired) electrons. The van der Waals surface area contributed by atoms with Crippen molar-refractivity contribution in [3.63, 3.8) is 0 Å². The molecule has 0 heterocycles. The van der Waals surface area contributed by atoms with Crippen molar-refractivity contribution in [3.05, 3.63) is 29.3 Å². The Kier molecular flexibility index (Phi) is 5.39. The van der Waals surface area contributed by atoms with Gasteiger partial charge < -0.3 is 10.6 Å². The first-order chi connectivity index (χ1) is 9.22. The molecular formula is C14H19F3N2S. The molecule has 112 valence electrons. The van der Waals surface area contributed by atoms with E-state index in [2.05, 4.69) is 0 Å². The predicted octanol–water partition coefficient (Wildman–Crippen LogP) is 3.96. The van der Waals surface area contributed by atoms with E-state index in [1.807, 2.05) is 25.7 Å². The van der Waals surface area contributed by atoms with Crippen LogP contribution in [-0.2, 0) is 6.18 Å². The van der Waals surface area contributed by atoms with Crippen LogP contribution in [0.2, 0.25) is 0 Å². The fraction of sp³-hybridized carbons (Fsp3) is 0.500. The van der Waals surface area contributed by atoms with E-state index in [1.165, 1.54) is 6.07 Å². The van der Waals surface area contributed by atoms with Crippen LogP contribution in [-0.4, -0.2) is 17.6 Å². The smallest absolute Gasteiger partial charge is 0.389 e. The SMILES string of the molecule is CCC(C)N(CC)c1ccc(C(N)=S)c(C(F)(F)F)c1. The third-order valence-electron chi connectivity index (χ3n) is 3.37. The molecule has 0 bridgehead atoms. The van der Waals surface area contributed by atoms with Crippen LogP contribution in [0.3, 0.4) is 0 Å². The predicted molar refractivity (Wildman–Crippen MR) is 80.1 cm³/mol. The van der Waals surface area contributed by atoms with Crippen molar-refractivity contribution in [2.75, 3.05) is 11.4 Å². The van der Waals surface area contributed by atoms with Crippen LogP contribution in [0.1, 0.15) is 38.3 Å². The monoisotopic (exact) mass is 304 g/mol. The highest BCUT2D eigenvalue weighted by molar-refractivity contribution is 7.80. The first-order valence-electron chi connectivity index (χ1n) is 6.50. The Hall–Kier alpha value is -1.30. The lowest BCUT2D eigenvalue weighted by molar-refractivity contribution is -0.137. The first kappa shape index (κ1) is 16.8. The number of nitrogens with two attached hydrogens (primary N) is 1. The quantitative estimate of drug-likeness (QED) is 0.835. The molecule has 6 heteroatoms. The van der Waals surface area contributed by atoms with Gasteiger partial charge >= 0.3 is 6.18 Å². The highest BCUT2D eigenvalue weighted by Gasteiger charge is 2.34. The molecule has 0 aliphatic heterocycles. The standard InChI is InChI=1S/C14H19F3N2S/c1-4-9(3)19(5-2)10-6-7-11(13(18)20)12(8-10)14(15,16)17/h6-9H,4-5H2,1-3H3,(H2,18,20). The van der Waals surface area contributed by atoms with Crippen LogP contribution < -0.4 is 10.6 Å². The summed E-state index contributed by atoms with van der Waals surface area (Å²) in [4.78, 5) is 1.69. The number of halogens is 3. The third kappa shape index (κ3) is 3.62. The summed E-state index contributed by atoms with van der Waals surface area (Å²) < 4.78 is 39.3. The first-order valence-corrected chi connectivity index (χ1v) is 6.90. The Morgan fingerprint density at radius 3 is 2.35 bits per heavy atom. The zero-order valence-electron chi connectivity index (χ0n) is 11.8. The number of benzene rings is 1. The lowest BCUT2D eigenvalue weighted by atomic mass is 10.0. The second-order valence-corrected chi connectivity index (χ2v) is 5.08. The van der Waals surface area contributed by atoms with Crippen LogP contribution in [0.15, 0.2) is 18.2 Å². The molecule has 0 amide bonds. The van der Waals surface area contributed by atoms with Gasteiger partial charge in [-0.2, -0.15) is 13.2 Å². The van der Waals surface area contributed by atoms with Crippen LogP contribution in [0.5, 0.6) is 0 Å². The summed E-state index contributed by atoms with van der Waals surface area (Å²) in [6.45, 7) is 6.54. The van der Waals surface area contributed by atoms with Gasteiger partial charge in [-0.05, 0) is 38.5 Å². The van der Waals surface area contributed by atoms with Gasteiger partial charge in [-0.3, -0.25) is 0 Å².